The summed E-state index contributed by atoms with van der Waals surface area (Å²) in [4.78, 5) is 11.9. The third-order valence-electron chi connectivity index (χ3n) is 3.15. The predicted molar refractivity (Wildman–Crippen MR) is 71.9 cm³/mol. The summed E-state index contributed by atoms with van der Waals surface area (Å²) in [5, 5.41) is 5.31. The minimum atomic E-state index is -1.56. The molecule has 1 atom stereocenters. The molecule has 3 nitrogen and oxygen atoms in total. The third-order valence-corrected chi connectivity index (χ3v) is 3.15. The van der Waals surface area contributed by atoms with Crippen molar-refractivity contribution in [2.75, 3.05) is 5.32 Å². The van der Waals surface area contributed by atoms with Crippen molar-refractivity contribution in [2.45, 2.75) is 45.7 Å². The number of hydrogen-bond donors (Lipinski definition) is 2. The topological polar surface area (TPSA) is 41.1 Å². The quantitative estimate of drug-likeness (QED) is 0.817. The second kappa shape index (κ2) is 6.15. The lowest BCUT2D eigenvalue weighted by atomic mass is 10.0. The minimum Gasteiger partial charge on any atom is -0.371 e. The van der Waals surface area contributed by atoms with E-state index >= 15 is 0 Å². The molecule has 0 aliphatic rings. The molecule has 0 aliphatic heterocycles. The molecule has 112 valence electrons. The van der Waals surface area contributed by atoms with Gasteiger partial charge in [0, 0.05) is 5.54 Å². The maximum Gasteiger partial charge on any atom is 0.242 e. The fourth-order valence-electron chi connectivity index (χ4n) is 1.47. The van der Waals surface area contributed by atoms with Gasteiger partial charge in [0.05, 0.1) is 5.69 Å². The first-order valence-electron chi connectivity index (χ1n) is 6.40. The zero-order valence-electron chi connectivity index (χ0n) is 12.0. The van der Waals surface area contributed by atoms with Crippen molar-refractivity contribution in [1.29, 1.82) is 0 Å². The molecule has 2 N–H and O–H groups in total. The monoisotopic (exact) mass is 288 g/mol. The Labute approximate surface area is 116 Å². The highest BCUT2D eigenvalue weighted by Gasteiger charge is 2.23. The van der Waals surface area contributed by atoms with Gasteiger partial charge < -0.3 is 10.6 Å². The highest BCUT2D eigenvalue weighted by atomic mass is 19.2. The van der Waals surface area contributed by atoms with Gasteiger partial charge in [0.25, 0.3) is 0 Å². The van der Waals surface area contributed by atoms with Gasteiger partial charge in [-0.15, -0.1) is 0 Å². The lowest BCUT2D eigenvalue weighted by molar-refractivity contribution is -0.123. The molecule has 0 saturated carbocycles. The highest BCUT2D eigenvalue weighted by molar-refractivity contribution is 5.84. The standard InChI is InChI=1S/C14H19F3N2O/c1-5-14(3,4)19-13(20)8(2)18-10-7-6-9(15)11(16)12(10)17/h6-8,18H,5H2,1-4H3,(H,19,20). The largest absolute Gasteiger partial charge is 0.371 e. The van der Waals surface area contributed by atoms with Crippen molar-refractivity contribution in [3.63, 3.8) is 0 Å². The van der Waals surface area contributed by atoms with Crippen LogP contribution in [-0.4, -0.2) is 17.5 Å². The van der Waals surface area contributed by atoms with Gasteiger partial charge in [-0.3, -0.25) is 4.79 Å². The smallest absolute Gasteiger partial charge is 0.242 e. The van der Waals surface area contributed by atoms with Crippen molar-refractivity contribution >= 4 is 11.6 Å². The fraction of sp³-hybridized carbons (Fsp3) is 0.500. The molecular formula is C14H19F3N2O. The molecule has 1 unspecified atom stereocenters. The SMILES string of the molecule is CCC(C)(C)NC(=O)C(C)Nc1ccc(F)c(F)c1F. The molecule has 6 heteroatoms. The van der Waals surface area contributed by atoms with Gasteiger partial charge in [-0.25, -0.2) is 13.2 Å². The molecular weight excluding hydrogens is 269 g/mol. The third kappa shape index (κ3) is 3.88. The Balaban J connectivity index is 2.79. The van der Waals surface area contributed by atoms with E-state index < -0.39 is 23.5 Å². The van der Waals surface area contributed by atoms with Crippen molar-refractivity contribution in [3.8, 4) is 0 Å². The zero-order valence-corrected chi connectivity index (χ0v) is 12.0. The first-order chi connectivity index (χ1) is 9.18. The molecule has 0 aromatic heterocycles. The van der Waals surface area contributed by atoms with Gasteiger partial charge in [0.1, 0.15) is 6.04 Å². The van der Waals surface area contributed by atoms with Crippen molar-refractivity contribution in [3.05, 3.63) is 29.6 Å². The van der Waals surface area contributed by atoms with Crippen LogP contribution in [0.3, 0.4) is 0 Å². The number of amides is 1. The molecule has 0 radical (unpaired) electrons. The van der Waals surface area contributed by atoms with Crippen molar-refractivity contribution in [1.82, 2.24) is 5.32 Å². The van der Waals surface area contributed by atoms with E-state index in [4.69, 9.17) is 0 Å². The van der Waals surface area contributed by atoms with Crippen molar-refractivity contribution < 1.29 is 18.0 Å². The average molecular weight is 288 g/mol. The molecule has 1 aromatic carbocycles. The van der Waals surface area contributed by atoms with E-state index in [0.717, 1.165) is 18.6 Å². The molecule has 0 bridgehead atoms. The van der Waals surface area contributed by atoms with E-state index in [1.165, 1.54) is 6.92 Å². The van der Waals surface area contributed by atoms with Crippen LogP contribution in [-0.2, 0) is 4.79 Å². The Morgan fingerprint density at radius 1 is 1.25 bits per heavy atom. The first kappa shape index (κ1) is 16.3. The summed E-state index contributed by atoms with van der Waals surface area (Å²) in [7, 11) is 0. The lowest BCUT2D eigenvalue weighted by Gasteiger charge is -2.27. The number of rotatable bonds is 5. The number of anilines is 1. The summed E-state index contributed by atoms with van der Waals surface area (Å²) < 4.78 is 39.4. The van der Waals surface area contributed by atoms with E-state index in [2.05, 4.69) is 10.6 Å². The number of benzene rings is 1. The molecule has 1 aromatic rings. The highest BCUT2D eigenvalue weighted by Crippen LogP contribution is 2.20. The number of hydrogen-bond acceptors (Lipinski definition) is 2. The van der Waals surface area contributed by atoms with E-state index in [9.17, 15) is 18.0 Å². The summed E-state index contributed by atoms with van der Waals surface area (Å²) >= 11 is 0. The van der Waals surface area contributed by atoms with Crippen LogP contribution in [0.25, 0.3) is 0 Å². The Morgan fingerprint density at radius 2 is 1.85 bits per heavy atom. The zero-order chi connectivity index (χ0) is 15.5. The van der Waals surface area contributed by atoms with Crippen LogP contribution in [0.4, 0.5) is 18.9 Å². The number of nitrogens with one attached hydrogen (secondary N) is 2. The van der Waals surface area contributed by atoms with E-state index in [1.807, 2.05) is 20.8 Å². The molecule has 0 spiro atoms. The predicted octanol–water partition coefficient (Wildman–Crippen LogP) is 3.21. The van der Waals surface area contributed by atoms with Gasteiger partial charge in [0.15, 0.2) is 17.5 Å². The molecule has 0 fully saturated rings. The van der Waals surface area contributed by atoms with E-state index in [-0.39, 0.29) is 17.1 Å². The minimum absolute atomic E-state index is 0.249. The Hall–Kier alpha value is -1.72. The van der Waals surface area contributed by atoms with Crippen LogP contribution in [0, 0.1) is 17.5 Å². The van der Waals surface area contributed by atoms with Crippen LogP contribution >= 0.6 is 0 Å². The number of halogens is 3. The Morgan fingerprint density at radius 3 is 2.40 bits per heavy atom. The molecule has 1 rings (SSSR count). The second-order valence-electron chi connectivity index (χ2n) is 5.32. The Kier molecular flexibility index (Phi) is 5.03. The summed E-state index contributed by atoms with van der Waals surface area (Å²) in [6, 6.07) is 1.09. The maximum atomic E-state index is 13.5. The van der Waals surface area contributed by atoms with Crippen LogP contribution in [0.5, 0.6) is 0 Å². The molecule has 0 heterocycles. The van der Waals surface area contributed by atoms with Crippen molar-refractivity contribution in [2.24, 2.45) is 0 Å². The number of carbonyl (C=O) groups is 1. The Bertz CT molecular complexity index is 503. The summed E-state index contributed by atoms with van der Waals surface area (Å²) in [5.41, 5.74) is -0.638. The molecule has 0 saturated heterocycles. The second-order valence-corrected chi connectivity index (χ2v) is 5.32. The van der Waals surface area contributed by atoms with Gasteiger partial charge in [-0.05, 0) is 39.3 Å². The fourth-order valence-corrected chi connectivity index (χ4v) is 1.47. The van der Waals surface area contributed by atoms with Crippen LogP contribution in [0.1, 0.15) is 34.1 Å². The first-order valence-corrected chi connectivity index (χ1v) is 6.40. The normalized spacial score (nSPS) is 12.9. The van der Waals surface area contributed by atoms with Gasteiger partial charge in [0.2, 0.25) is 5.91 Å². The summed E-state index contributed by atoms with van der Waals surface area (Å²) in [5.74, 6) is -4.51. The maximum absolute atomic E-state index is 13.5. The van der Waals surface area contributed by atoms with E-state index in [0.29, 0.717) is 0 Å². The molecule has 20 heavy (non-hydrogen) atoms. The molecule has 1 amide bonds. The van der Waals surface area contributed by atoms with Gasteiger partial charge in [-0.2, -0.15) is 0 Å². The number of carbonyl (C=O) groups excluding carboxylic acids is 1. The summed E-state index contributed by atoms with van der Waals surface area (Å²) in [6.45, 7) is 7.15. The van der Waals surface area contributed by atoms with Crippen LogP contribution in [0.15, 0.2) is 12.1 Å². The molecule has 0 aliphatic carbocycles. The van der Waals surface area contributed by atoms with E-state index in [1.54, 1.807) is 0 Å². The van der Waals surface area contributed by atoms with Crippen LogP contribution < -0.4 is 10.6 Å². The lowest BCUT2D eigenvalue weighted by Crippen LogP contribution is -2.48. The summed E-state index contributed by atoms with van der Waals surface area (Å²) in [6.07, 6.45) is 0.727. The average Bonchev–Trinajstić information content (AvgIpc) is 2.39. The van der Waals surface area contributed by atoms with Gasteiger partial charge >= 0.3 is 0 Å². The van der Waals surface area contributed by atoms with Crippen LogP contribution in [0.2, 0.25) is 0 Å². The van der Waals surface area contributed by atoms with Gasteiger partial charge in [-0.1, -0.05) is 6.92 Å².